The van der Waals surface area contributed by atoms with Gasteiger partial charge in [-0.05, 0) is 78.0 Å². The number of ether oxygens (including phenoxy) is 1. The number of sulfonamides is 1. The smallest absolute Gasteiger partial charge is 0.408 e. The Hall–Kier alpha value is -3.71. The zero-order chi connectivity index (χ0) is 30.7. The van der Waals surface area contributed by atoms with E-state index in [2.05, 4.69) is 24.9 Å². The second-order valence-corrected chi connectivity index (χ2v) is 13.8. The van der Waals surface area contributed by atoms with Crippen molar-refractivity contribution in [3.05, 3.63) is 54.5 Å². The Morgan fingerprint density at radius 1 is 1.05 bits per heavy atom. The van der Waals surface area contributed by atoms with Crippen molar-refractivity contribution in [3.8, 4) is 0 Å². The van der Waals surface area contributed by atoms with Crippen molar-refractivity contribution < 1.29 is 27.6 Å². The molecule has 0 bridgehead atoms. The largest absolute Gasteiger partial charge is 0.444 e. The maximum absolute atomic E-state index is 13.7. The predicted molar refractivity (Wildman–Crippen MR) is 159 cm³/mol. The number of fused-ring (bicyclic) bond motifs is 1. The SMILES string of the molecule is CNS(=O)(=O)C[C@H]1CC[C@H](N(C)c2ncnc3c2ccn3OC(=O)C(C)(NC(=O)OC(C)(C)C)c2ccccc2)CC1. The zero-order valence-corrected chi connectivity index (χ0v) is 25.8. The van der Waals surface area contributed by atoms with Crippen LogP contribution in [0.5, 0.6) is 0 Å². The normalized spacial score (nSPS) is 19.1. The number of aromatic nitrogens is 3. The third-order valence-corrected chi connectivity index (χ3v) is 9.12. The molecule has 1 fully saturated rings. The fourth-order valence-electron chi connectivity index (χ4n) is 5.24. The average molecular weight is 601 g/mol. The van der Waals surface area contributed by atoms with Crippen LogP contribution in [-0.4, -0.2) is 66.7 Å². The summed E-state index contributed by atoms with van der Waals surface area (Å²) in [7, 11) is 0.152. The highest BCUT2D eigenvalue weighted by atomic mass is 32.2. The molecule has 0 spiro atoms. The lowest BCUT2D eigenvalue weighted by atomic mass is 9.86. The second-order valence-electron chi connectivity index (χ2n) is 11.8. The maximum Gasteiger partial charge on any atom is 0.408 e. The molecule has 1 aromatic carbocycles. The minimum atomic E-state index is -3.25. The first-order valence-electron chi connectivity index (χ1n) is 14.0. The minimum absolute atomic E-state index is 0.117. The van der Waals surface area contributed by atoms with Gasteiger partial charge in [-0.3, -0.25) is 0 Å². The van der Waals surface area contributed by atoms with Gasteiger partial charge in [-0.1, -0.05) is 30.3 Å². The molecular formula is C29H40N6O6S. The fraction of sp³-hybridized carbons (Fsp3) is 0.517. The van der Waals surface area contributed by atoms with Crippen LogP contribution in [-0.2, 0) is 25.1 Å². The van der Waals surface area contributed by atoms with E-state index in [-0.39, 0.29) is 17.7 Å². The van der Waals surface area contributed by atoms with Crippen LogP contribution in [0.25, 0.3) is 11.0 Å². The summed E-state index contributed by atoms with van der Waals surface area (Å²) in [6.45, 7) is 6.79. The molecule has 4 rings (SSSR count). The van der Waals surface area contributed by atoms with Gasteiger partial charge in [-0.2, -0.15) is 4.73 Å². The van der Waals surface area contributed by atoms with Gasteiger partial charge in [0.25, 0.3) is 0 Å². The number of hydrogen-bond acceptors (Lipinski definition) is 9. The molecule has 0 radical (unpaired) electrons. The molecule has 1 aliphatic carbocycles. The molecule has 2 heterocycles. The molecular weight excluding hydrogens is 560 g/mol. The van der Waals surface area contributed by atoms with E-state index in [4.69, 9.17) is 9.57 Å². The Bertz CT molecular complexity index is 1510. The van der Waals surface area contributed by atoms with Gasteiger partial charge in [-0.15, -0.1) is 0 Å². The van der Waals surface area contributed by atoms with Crippen LogP contribution in [0.15, 0.2) is 48.9 Å². The summed E-state index contributed by atoms with van der Waals surface area (Å²) in [6.07, 6.45) is 5.50. The molecule has 0 aliphatic heterocycles. The number of alkyl carbamates (subject to hydrolysis) is 1. The Balaban J connectivity index is 1.54. The molecule has 2 N–H and O–H groups in total. The molecule has 3 aromatic rings. The molecule has 1 aliphatic rings. The summed E-state index contributed by atoms with van der Waals surface area (Å²) < 4.78 is 33.0. The summed E-state index contributed by atoms with van der Waals surface area (Å²) in [6, 6.07) is 10.8. The van der Waals surface area contributed by atoms with E-state index in [1.807, 2.05) is 13.1 Å². The van der Waals surface area contributed by atoms with Crippen LogP contribution >= 0.6 is 0 Å². The number of carbonyl (C=O) groups excluding carboxylic acids is 2. The zero-order valence-electron chi connectivity index (χ0n) is 25.0. The predicted octanol–water partition coefficient (Wildman–Crippen LogP) is 3.37. The van der Waals surface area contributed by atoms with Crippen molar-refractivity contribution in [1.29, 1.82) is 0 Å². The molecule has 0 saturated heterocycles. The van der Waals surface area contributed by atoms with E-state index in [1.165, 1.54) is 18.1 Å². The molecule has 1 atom stereocenters. The van der Waals surface area contributed by atoms with Crippen molar-refractivity contribution in [2.75, 3.05) is 24.7 Å². The molecule has 42 heavy (non-hydrogen) atoms. The first-order chi connectivity index (χ1) is 19.7. The second kappa shape index (κ2) is 12.3. The van der Waals surface area contributed by atoms with E-state index in [1.54, 1.807) is 64.2 Å². The van der Waals surface area contributed by atoms with E-state index < -0.39 is 33.2 Å². The lowest BCUT2D eigenvalue weighted by Gasteiger charge is -2.35. The average Bonchev–Trinajstić information content (AvgIpc) is 3.35. The summed E-state index contributed by atoms with van der Waals surface area (Å²) in [5.74, 6) is 0.196. The third kappa shape index (κ3) is 7.19. The van der Waals surface area contributed by atoms with Crippen molar-refractivity contribution >= 4 is 38.9 Å². The van der Waals surface area contributed by atoms with Gasteiger partial charge >= 0.3 is 12.1 Å². The summed E-state index contributed by atoms with van der Waals surface area (Å²) >= 11 is 0. The summed E-state index contributed by atoms with van der Waals surface area (Å²) in [5, 5.41) is 3.38. The van der Waals surface area contributed by atoms with Crippen LogP contribution in [0.4, 0.5) is 10.6 Å². The highest BCUT2D eigenvalue weighted by Gasteiger charge is 2.41. The van der Waals surface area contributed by atoms with Crippen LogP contribution in [0.1, 0.15) is 58.9 Å². The van der Waals surface area contributed by atoms with Gasteiger partial charge in [0, 0.05) is 19.3 Å². The number of anilines is 1. The molecule has 12 nitrogen and oxygen atoms in total. The van der Waals surface area contributed by atoms with Crippen molar-refractivity contribution in [1.82, 2.24) is 24.7 Å². The van der Waals surface area contributed by atoms with Crippen molar-refractivity contribution in [2.24, 2.45) is 5.92 Å². The Labute approximate surface area is 246 Å². The molecule has 1 unspecified atom stereocenters. The third-order valence-electron chi connectivity index (χ3n) is 7.58. The molecule has 1 saturated carbocycles. The fourth-order valence-corrected chi connectivity index (χ4v) is 6.36. The molecule has 2 aromatic heterocycles. The van der Waals surface area contributed by atoms with Crippen LogP contribution in [0, 0.1) is 5.92 Å². The van der Waals surface area contributed by atoms with Crippen molar-refractivity contribution in [3.63, 3.8) is 0 Å². The number of amides is 1. The van der Waals surface area contributed by atoms with Gasteiger partial charge < -0.3 is 19.8 Å². The van der Waals surface area contributed by atoms with E-state index >= 15 is 0 Å². The highest BCUT2D eigenvalue weighted by molar-refractivity contribution is 7.89. The lowest BCUT2D eigenvalue weighted by Crippen LogP contribution is -2.53. The molecule has 228 valence electrons. The first kappa shape index (κ1) is 31.2. The van der Waals surface area contributed by atoms with Gasteiger partial charge in [0.1, 0.15) is 17.7 Å². The maximum atomic E-state index is 13.7. The van der Waals surface area contributed by atoms with Gasteiger partial charge in [0.15, 0.2) is 11.2 Å². The quantitative estimate of drug-likeness (QED) is 0.378. The first-order valence-corrected chi connectivity index (χ1v) is 15.6. The summed E-state index contributed by atoms with van der Waals surface area (Å²) in [5.41, 5.74) is -1.41. The number of rotatable bonds is 9. The molecule has 1 amide bonds. The van der Waals surface area contributed by atoms with Crippen molar-refractivity contribution in [2.45, 2.75) is 70.6 Å². The summed E-state index contributed by atoms with van der Waals surface area (Å²) in [4.78, 5) is 43.2. The Morgan fingerprint density at radius 3 is 2.33 bits per heavy atom. The van der Waals surface area contributed by atoms with Crippen LogP contribution < -0.4 is 19.8 Å². The number of hydrogen-bond donors (Lipinski definition) is 2. The van der Waals surface area contributed by atoms with E-state index in [0.29, 0.717) is 22.4 Å². The van der Waals surface area contributed by atoms with Gasteiger partial charge in [0.05, 0.1) is 11.1 Å². The van der Waals surface area contributed by atoms with Crippen LogP contribution in [0.2, 0.25) is 0 Å². The van der Waals surface area contributed by atoms with Gasteiger partial charge in [0.2, 0.25) is 10.0 Å². The minimum Gasteiger partial charge on any atom is -0.444 e. The highest BCUT2D eigenvalue weighted by Crippen LogP contribution is 2.32. The monoisotopic (exact) mass is 600 g/mol. The van der Waals surface area contributed by atoms with Crippen LogP contribution in [0.3, 0.4) is 0 Å². The number of nitrogens with one attached hydrogen (secondary N) is 2. The van der Waals surface area contributed by atoms with E-state index in [9.17, 15) is 18.0 Å². The number of nitrogens with zero attached hydrogens (tertiary/aromatic N) is 4. The Kier molecular flexibility index (Phi) is 9.12. The van der Waals surface area contributed by atoms with Gasteiger partial charge in [-0.25, -0.2) is 32.7 Å². The number of carbonyl (C=O) groups is 2. The van der Waals surface area contributed by atoms with E-state index in [0.717, 1.165) is 25.7 Å². The standard InChI is InChI=1S/C29H40N6O6S/c1-28(2,3)40-27(37)33-29(4,21-10-8-7-9-11-21)26(36)41-35-17-16-23-24(31-19-32-25(23)35)34(6)22-14-12-20(13-15-22)18-42(38,39)30-5/h7-11,16-17,19-20,22,30H,12-15,18H2,1-6H3,(H,33,37)/t20-,22-,29?. The topological polar surface area (TPSA) is 145 Å². The number of benzene rings is 1. The molecule has 13 heteroatoms. The lowest BCUT2D eigenvalue weighted by molar-refractivity contribution is -0.151. The Morgan fingerprint density at radius 2 is 1.71 bits per heavy atom.